The summed E-state index contributed by atoms with van der Waals surface area (Å²) < 4.78 is 0. The van der Waals surface area contributed by atoms with Gasteiger partial charge >= 0.3 is 0 Å². The van der Waals surface area contributed by atoms with Crippen LogP contribution in [0, 0.1) is 4.91 Å². The van der Waals surface area contributed by atoms with Crippen LogP contribution < -0.4 is 0 Å². The molecule has 0 saturated heterocycles. The van der Waals surface area contributed by atoms with Gasteiger partial charge in [0.1, 0.15) is 0 Å². The third-order valence-corrected chi connectivity index (χ3v) is 3.37. The average molecular weight is 225 g/mol. The highest BCUT2D eigenvalue weighted by Gasteiger charge is 2.03. The number of nitrogens with zero attached hydrogens (tertiary/aromatic N) is 1. The van der Waals surface area contributed by atoms with Gasteiger partial charge in [-0.2, -0.15) is 28.4 Å². The van der Waals surface area contributed by atoms with Crippen molar-refractivity contribution in [1.82, 2.24) is 0 Å². The lowest BCUT2D eigenvalue weighted by Crippen LogP contribution is -2.14. The molecule has 0 bridgehead atoms. The van der Waals surface area contributed by atoms with Gasteiger partial charge in [-0.05, 0) is 0 Å². The fourth-order valence-electron chi connectivity index (χ4n) is 0.653. The maximum Gasteiger partial charge on any atom is 0.0901 e. The van der Waals surface area contributed by atoms with Crippen LogP contribution in [-0.2, 0) is 0 Å². The summed E-state index contributed by atoms with van der Waals surface area (Å²) >= 11 is 3.05. The Bertz CT molecular complexity index is 126. The fraction of sp³-hybridized carbons (Fsp3) is 1.00. The molecule has 4 nitrogen and oxygen atoms in total. The number of aliphatic hydroxyl groups excluding tert-OH is 2. The summed E-state index contributed by atoms with van der Waals surface area (Å²) in [5, 5.41) is 20.5. The van der Waals surface area contributed by atoms with Crippen LogP contribution in [0.1, 0.15) is 0 Å². The minimum absolute atomic E-state index is 0.152. The topological polar surface area (TPSA) is 69.9 Å². The van der Waals surface area contributed by atoms with Crippen molar-refractivity contribution in [3.63, 3.8) is 0 Å². The Morgan fingerprint density at radius 1 is 1.23 bits per heavy atom. The van der Waals surface area contributed by atoms with Crippen LogP contribution in [-0.4, -0.2) is 52.5 Å². The van der Waals surface area contributed by atoms with E-state index < -0.39 is 0 Å². The highest BCUT2D eigenvalue weighted by Crippen LogP contribution is 2.08. The molecule has 6 heteroatoms. The molecule has 0 aliphatic heterocycles. The average Bonchev–Trinajstić information content (AvgIpc) is 2.13. The van der Waals surface area contributed by atoms with Gasteiger partial charge in [-0.1, -0.05) is 5.18 Å². The van der Waals surface area contributed by atoms with Crippen LogP contribution >= 0.6 is 23.5 Å². The Kier molecular flexibility index (Phi) is 10.5. The Labute approximate surface area is 86.5 Å². The van der Waals surface area contributed by atoms with Crippen molar-refractivity contribution in [2.45, 2.75) is 6.10 Å². The number of thioether (sulfide) groups is 2. The molecule has 0 fully saturated rings. The second-order valence-corrected chi connectivity index (χ2v) is 4.68. The highest BCUT2D eigenvalue weighted by molar-refractivity contribution is 8.00. The quantitative estimate of drug-likeness (QED) is 0.443. The molecule has 0 aromatic rings. The Hall–Kier alpha value is 0.220. The van der Waals surface area contributed by atoms with Crippen molar-refractivity contribution in [1.29, 1.82) is 0 Å². The normalized spacial score (nSPS) is 12.8. The molecule has 0 heterocycles. The highest BCUT2D eigenvalue weighted by atomic mass is 32.2. The van der Waals surface area contributed by atoms with E-state index in [0.29, 0.717) is 29.6 Å². The first kappa shape index (κ1) is 13.2. The second kappa shape index (κ2) is 10.3. The lowest BCUT2D eigenvalue weighted by atomic mass is 10.5. The van der Waals surface area contributed by atoms with E-state index >= 15 is 0 Å². The minimum Gasteiger partial charge on any atom is -0.396 e. The van der Waals surface area contributed by atoms with Gasteiger partial charge in [0.2, 0.25) is 0 Å². The van der Waals surface area contributed by atoms with Crippen molar-refractivity contribution in [2.75, 3.05) is 36.2 Å². The van der Waals surface area contributed by atoms with Crippen LogP contribution in [0.2, 0.25) is 0 Å². The molecule has 0 aliphatic rings. The number of hydrogen-bond acceptors (Lipinski definition) is 6. The van der Waals surface area contributed by atoms with E-state index in [2.05, 4.69) is 5.18 Å². The summed E-state index contributed by atoms with van der Waals surface area (Å²) in [5.74, 6) is 2.61. The maximum atomic E-state index is 9.70. The summed E-state index contributed by atoms with van der Waals surface area (Å²) in [6, 6.07) is 0. The lowest BCUT2D eigenvalue weighted by molar-refractivity contribution is 0.225. The number of aliphatic hydroxyl groups is 2. The first-order valence-electron chi connectivity index (χ1n) is 4.04. The van der Waals surface area contributed by atoms with Crippen molar-refractivity contribution in [3.05, 3.63) is 4.91 Å². The monoisotopic (exact) mass is 225 g/mol. The zero-order valence-corrected chi connectivity index (χ0v) is 9.02. The molecular formula is C7H15NO3S2. The van der Waals surface area contributed by atoms with Crippen LogP contribution in [0.3, 0.4) is 0 Å². The minimum atomic E-state index is -0.354. The van der Waals surface area contributed by atoms with E-state index in [4.69, 9.17) is 5.11 Å². The summed E-state index contributed by atoms with van der Waals surface area (Å²) in [6.45, 7) is 0.459. The molecule has 1 unspecified atom stereocenters. The molecule has 13 heavy (non-hydrogen) atoms. The first-order chi connectivity index (χ1) is 6.31. The predicted molar refractivity (Wildman–Crippen MR) is 58.4 cm³/mol. The molecule has 0 aromatic heterocycles. The Morgan fingerprint density at radius 2 is 1.85 bits per heavy atom. The van der Waals surface area contributed by atoms with Crippen LogP contribution in [0.5, 0.6) is 0 Å². The molecule has 1 atom stereocenters. The largest absolute Gasteiger partial charge is 0.396 e. The molecular weight excluding hydrogens is 210 g/mol. The summed E-state index contributed by atoms with van der Waals surface area (Å²) in [7, 11) is 0. The maximum absolute atomic E-state index is 9.70. The third-order valence-electron chi connectivity index (χ3n) is 1.18. The van der Waals surface area contributed by atoms with E-state index in [0.717, 1.165) is 0 Å². The van der Waals surface area contributed by atoms with Crippen LogP contribution in [0.4, 0.5) is 0 Å². The lowest BCUT2D eigenvalue weighted by Gasteiger charge is -2.08. The number of nitroso groups, excluding NO2 is 1. The van der Waals surface area contributed by atoms with Gasteiger partial charge in [0, 0.05) is 23.0 Å². The first-order valence-corrected chi connectivity index (χ1v) is 6.35. The van der Waals surface area contributed by atoms with Crippen LogP contribution in [0.15, 0.2) is 5.18 Å². The van der Waals surface area contributed by atoms with E-state index in [1.54, 1.807) is 0 Å². The fourth-order valence-corrected chi connectivity index (χ4v) is 2.25. The van der Waals surface area contributed by atoms with Crippen LogP contribution in [0.25, 0.3) is 0 Å². The van der Waals surface area contributed by atoms with Crippen molar-refractivity contribution in [3.8, 4) is 0 Å². The third kappa shape index (κ3) is 10.1. The Balaban J connectivity index is 3.09. The standard InChI is InChI=1S/C7H15NO3S2/c9-2-4-13-6-7(10)5-12-3-1-8-11/h7,9-10H,1-6H2. The molecule has 0 saturated carbocycles. The number of hydrogen-bond donors (Lipinski definition) is 2. The van der Waals surface area contributed by atoms with Gasteiger partial charge in [-0.25, -0.2) is 0 Å². The zero-order chi connectivity index (χ0) is 9.94. The number of rotatable bonds is 9. The molecule has 0 aromatic carbocycles. The SMILES string of the molecule is O=NCCSCC(O)CSCCO. The van der Waals surface area contributed by atoms with Crippen molar-refractivity contribution < 1.29 is 10.2 Å². The molecule has 0 aliphatic carbocycles. The zero-order valence-electron chi connectivity index (χ0n) is 7.39. The van der Waals surface area contributed by atoms with Gasteiger partial charge in [-0.15, -0.1) is 0 Å². The van der Waals surface area contributed by atoms with Crippen molar-refractivity contribution in [2.24, 2.45) is 5.18 Å². The summed E-state index contributed by atoms with van der Waals surface area (Å²) in [6.07, 6.45) is -0.354. The van der Waals surface area contributed by atoms with Gasteiger partial charge in [-0.3, -0.25) is 0 Å². The van der Waals surface area contributed by atoms with E-state index in [1.807, 2.05) is 0 Å². The van der Waals surface area contributed by atoms with E-state index in [9.17, 15) is 10.0 Å². The van der Waals surface area contributed by atoms with Gasteiger partial charge in [0.05, 0.1) is 19.3 Å². The smallest absolute Gasteiger partial charge is 0.0901 e. The van der Waals surface area contributed by atoms with E-state index in [1.165, 1.54) is 23.5 Å². The predicted octanol–water partition coefficient (Wildman–Crippen LogP) is 0.572. The van der Waals surface area contributed by atoms with Gasteiger partial charge in [0.15, 0.2) is 0 Å². The second-order valence-electron chi connectivity index (χ2n) is 2.38. The molecule has 0 rings (SSSR count). The molecule has 78 valence electrons. The Morgan fingerprint density at radius 3 is 2.38 bits per heavy atom. The molecule has 0 spiro atoms. The summed E-state index contributed by atoms with van der Waals surface area (Å²) in [5.41, 5.74) is 0. The van der Waals surface area contributed by atoms with Gasteiger partial charge in [0.25, 0.3) is 0 Å². The molecule has 0 radical (unpaired) electrons. The van der Waals surface area contributed by atoms with E-state index in [-0.39, 0.29) is 12.7 Å². The summed E-state index contributed by atoms with van der Waals surface area (Å²) in [4.78, 5) is 9.70. The van der Waals surface area contributed by atoms with Crippen molar-refractivity contribution >= 4 is 23.5 Å². The molecule has 2 N–H and O–H groups in total. The van der Waals surface area contributed by atoms with Gasteiger partial charge < -0.3 is 10.2 Å². The molecule has 0 amide bonds.